The highest BCUT2D eigenvalue weighted by Gasteiger charge is 2.17. The minimum atomic E-state index is -0.891. The number of rotatable bonds is 31. The van der Waals surface area contributed by atoms with Gasteiger partial charge in [-0.25, -0.2) is 4.79 Å². The zero-order chi connectivity index (χ0) is 32.8. The van der Waals surface area contributed by atoms with Crippen LogP contribution in [0.1, 0.15) is 61.4 Å². The molecule has 0 saturated heterocycles. The Morgan fingerprint density at radius 3 is 1.48 bits per heavy atom. The molecular formula is C36H54O10. The molecule has 0 N–H and O–H groups in total. The fraction of sp³-hybridized carbons (Fsp3) is 0.611. The second kappa shape index (κ2) is 28.4. The van der Waals surface area contributed by atoms with Crippen LogP contribution >= 0.6 is 0 Å². The number of esters is 1. The van der Waals surface area contributed by atoms with Crippen LogP contribution in [0.15, 0.2) is 54.6 Å². The van der Waals surface area contributed by atoms with E-state index in [1.54, 1.807) is 30.3 Å². The highest BCUT2D eigenvalue weighted by molar-refractivity contribution is 6.40. The number of ether oxygens (including phenoxy) is 8. The number of hydrogen-bond donors (Lipinski definition) is 0. The molecule has 0 spiro atoms. The summed E-state index contributed by atoms with van der Waals surface area (Å²) in [5.41, 5.74) is 1.67. The molecule has 0 amide bonds. The van der Waals surface area contributed by atoms with Gasteiger partial charge in [-0.15, -0.1) is 0 Å². The summed E-state index contributed by atoms with van der Waals surface area (Å²) in [5.74, 6) is -0.687. The van der Waals surface area contributed by atoms with Gasteiger partial charge in [0.1, 0.15) is 19.0 Å². The molecule has 0 unspecified atom stereocenters. The van der Waals surface area contributed by atoms with Gasteiger partial charge in [-0.05, 0) is 30.5 Å². The minimum absolute atomic E-state index is 0.00400. The monoisotopic (exact) mass is 646 g/mol. The average Bonchev–Trinajstić information content (AvgIpc) is 3.09. The Balaban J connectivity index is 1.24. The lowest BCUT2D eigenvalue weighted by molar-refractivity contribution is -0.139. The summed E-state index contributed by atoms with van der Waals surface area (Å²) in [6, 6.07) is 16.7. The number of benzene rings is 2. The van der Waals surface area contributed by atoms with E-state index in [-0.39, 0.29) is 13.2 Å². The molecule has 0 heterocycles. The minimum Gasteiger partial charge on any atom is -0.491 e. The van der Waals surface area contributed by atoms with E-state index in [4.69, 9.17) is 37.9 Å². The first kappa shape index (κ1) is 39.3. The quantitative estimate of drug-likeness (QED) is 0.0452. The summed E-state index contributed by atoms with van der Waals surface area (Å²) >= 11 is 0. The van der Waals surface area contributed by atoms with E-state index in [0.29, 0.717) is 84.8 Å². The molecule has 0 aliphatic heterocycles. The van der Waals surface area contributed by atoms with Crippen LogP contribution < -0.4 is 4.74 Å². The van der Waals surface area contributed by atoms with Crippen molar-refractivity contribution in [3.05, 3.63) is 65.7 Å². The van der Waals surface area contributed by atoms with Gasteiger partial charge in [-0.3, -0.25) is 4.79 Å². The molecule has 0 bridgehead atoms. The Morgan fingerprint density at radius 2 is 0.957 bits per heavy atom. The van der Waals surface area contributed by atoms with Crippen LogP contribution in [0.5, 0.6) is 5.75 Å². The van der Waals surface area contributed by atoms with Crippen molar-refractivity contribution in [2.24, 2.45) is 0 Å². The Morgan fingerprint density at radius 1 is 0.500 bits per heavy atom. The predicted octanol–water partition coefficient (Wildman–Crippen LogP) is 5.49. The maximum absolute atomic E-state index is 11.9. The van der Waals surface area contributed by atoms with Crippen LogP contribution in [0.25, 0.3) is 0 Å². The van der Waals surface area contributed by atoms with Gasteiger partial charge in [0, 0.05) is 5.56 Å². The normalized spacial score (nSPS) is 11.1. The van der Waals surface area contributed by atoms with Gasteiger partial charge in [-0.1, -0.05) is 81.5 Å². The molecule has 0 aromatic heterocycles. The summed E-state index contributed by atoms with van der Waals surface area (Å²) in [7, 11) is 0. The van der Waals surface area contributed by atoms with Gasteiger partial charge in [0.25, 0.3) is 5.78 Å². The van der Waals surface area contributed by atoms with Crippen LogP contribution in [0.2, 0.25) is 0 Å². The van der Waals surface area contributed by atoms with Crippen LogP contribution in [0, 0.1) is 0 Å². The van der Waals surface area contributed by atoms with Gasteiger partial charge in [0.15, 0.2) is 0 Å². The van der Waals surface area contributed by atoms with E-state index in [0.717, 1.165) is 12.2 Å². The van der Waals surface area contributed by atoms with Gasteiger partial charge >= 0.3 is 5.97 Å². The Hall–Kier alpha value is -2.86. The number of Topliss-reactive ketones (excluding diaryl/α,β-unsaturated/α-hetero) is 1. The summed E-state index contributed by atoms with van der Waals surface area (Å²) in [4.78, 5) is 23.6. The number of carbonyl (C=O) groups excluding carboxylic acids is 2. The lowest BCUT2D eigenvalue weighted by Gasteiger charge is -2.09. The Labute approximate surface area is 274 Å². The largest absolute Gasteiger partial charge is 0.491 e. The van der Waals surface area contributed by atoms with Crippen molar-refractivity contribution in [1.82, 2.24) is 0 Å². The molecule has 10 nitrogen and oxygen atoms in total. The van der Waals surface area contributed by atoms with Crippen LogP contribution in [-0.2, 0) is 44.4 Å². The van der Waals surface area contributed by atoms with Crippen molar-refractivity contribution in [1.29, 1.82) is 0 Å². The van der Waals surface area contributed by atoms with Crippen molar-refractivity contribution in [2.75, 3.05) is 92.5 Å². The van der Waals surface area contributed by atoms with Crippen LogP contribution in [0.3, 0.4) is 0 Å². The summed E-state index contributed by atoms with van der Waals surface area (Å²) in [5, 5.41) is 0. The second-order valence-corrected chi connectivity index (χ2v) is 10.5. The van der Waals surface area contributed by atoms with E-state index in [1.165, 1.54) is 44.1 Å². The second-order valence-electron chi connectivity index (χ2n) is 10.5. The molecule has 258 valence electrons. The molecule has 0 radical (unpaired) electrons. The van der Waals surface area contributed by atoms with Crippen molar-refractivity contribution >= 4 is 11.8 Å². The maximum atomic E-state index is 11.9. The van der Waals surface area contributed by atoms with E-state index in [2.05, 4.69) is 19.1 Å². The number of hydrogen-bond acceptors (Lipinski definition) is 10. The third kappa shape index (κ3) is 21.0. The first-order valence-corrected chi connectivity index (χ1v) is 16.7. The molecule has 10 heteroatoms. The third-order valence-corrected chi connectivity index (χ3v) is 6.78. The average molecular weight is 647 g/mol. The molecule has 0 saturated carbocycles. The van der Waals surface area contributed by atoms with E-state index >= 15 is 0 Å². The lowest BCUT2D eigenvalue weighted by Crippen LogP contribution is -2.20. The summed E-state index contributed by atoms with van der Waals surface area (Å²) in [6.07, 6.45) is 9.04. The molecule has 2 aromatic rings. The standard InChI is InChI=1S/C36H54O10/c1-2-3-4-5-6-8-11-32-14-16-34(17-15-32)45-30-28-43-26-24-41-22-20-39-18-19-40-21-23-42-25-27-44-29-31-46-36(38)35(37)33-12-9-7-10-13-33/h7,9-10,12-17H,2-6,8,11,18-31H2,1H3. The molecule has 0 atom stereocenters. The first-order chi connectivity index (χ1) is 22.7. The van der Waals surface area contributed by atoms with Gasteiger partial charge < -0.3 is 37.9 Å². The summed E-state index contributed by atoms with van der Waals surface area (Å²) in [6.45, 7) is 8.04. The highest BCUT2D eigenvalue weighted by atomic mass is 16.6. The van der Waals surface area contributed by atoms with E-state index in [1.807, 2.05) is 12.1 Å². The number of ketones is 1. The third-order valence-electron chi connectivity index (χ3n) is 6.78. The van der Waals surface area contributed by atoms with Gasteiger partial charge in [-0.2, -0.15) is 0 Å². The fourth-order valence-electron chi connectivity index (χ4n) is 4.25. The Kier molecular flexibility index (Phi) is 24.2. The summed E-state index contributed by atoms with van der Waals surface area (Å²) < 4.78 is 43.5. The highest BCUT2D eigenvalue weighted by Crippen LogP contribution is 2.15. The van der Waals surface area contributed by atoms with Crippen LogP contribution in [0.4, 0.5) is 0 Å². The number of unbranched alkanes of at least 4 members (excludes halogenated alkanes) is 5. The predicted molar refractivity (Wildman–Crippen MR) is 176 cm³/mol. The lowest BCUT2D eigenvalue weighted by atomic mass is 10.0. The molecule has 2 rings (SSSR count). The van der Waals surface area contributed by atoms with Crippen LogP contribution in [-0.4, -0.2) is 104 Å². The molecule has 2 aromatic carbocycles. The first-order valence-electron chi connectivity index (χ1n) is 16.7. The number of aryl methyl sites for hydroxylation is 1. The maximum Gasteiger partial charge on any atom is 0.379 e. The molecule has 0 fully saturated rings. The van der Waals surface area contributed by atoms with Crippen molar-refractivity contribution < 1.29 is 47.5 Å². The van der Waals surface area contributed by atoms with E-state index < -0.39 is 11.8 Å². The number of carbonyl (C=O) groups is 2. The van der Waals surface area contributed by atoms with Gasteiger partial charge in [0.05, 0.1) is 79.3 Å². The molecule has 0 aliphatic rings. The topological polar surface area (TPSA) is 108 Å². The zero-order valence-corrected chi connectivity index (χ0v) is 27.6. The zero-order valence-electron chi connectivity index (χ0n) is 27.6. The smallest absolute Gasteiger partial charge is 0.379 e. The fourth-order valence-corrected chi connectivity index (χ4v) is 4.25. The molecular weight excluding hydrogens is 592 g/mol. The SMILES string of the molecule is CCCCCCCCc1ccc(OCCOCCOCCOCCOCCOCCOCCOC(=O)C(=O)c2ccccc2)cc1. The van der Waals surface area contributed by atoms with Crippen molar-refractivity contribution in [3.8, 4) is 5.75 Å². The molecule has 0 aliphatic carbocycles. The Bertz CT molecular complexity index is 1000. The van der Waals surface area contributed by atoms with Crippen molar-refractivity contribution in [2.45, 2.75) is 51.9 Å². The van der Waals surface area contributed by atoms with Gasteiger partial charge in [0.2, 0.25) is 0 Å². The molecule has 46 heavy (non-hydrogen) atoms. The van der Waals surface area contributed by atoms with E-state index in [9.17, 15) is 9.59 Å². The van der Waals surface area contributed by atoms with Crippen molar-refractivity contribution in [3.63, 3.8) is 0 Å².